The van der Waals surface area contributed by atoms with Crippen LogP contribution in [-0.4, -0.2) is 47.4 Å². The van der Waals surface area contributed by atoms with Crippen molar-refractivity contribution in [3.05, 3.63) is 474 Å². The van der Waals surface area contributed by atoms with E-state index in [1.165, 1.54) is 77.7 Å². The largest absolute Gasteiger partial charge is 3.00 e. The van der Waals surface area contributed by atoms with E-state index in [2.05, 4.69) is 427 Å². The van der Waals surface area contributed by atoms with Crippen LogP contribution in [0.2, 0.25) is 0 Å². The molecule has 0 amide bonds. The van der Waals surface area contributed by atoms with E-state index in [-0.39, 0.29) is 80.4 Å². The van der Waals surface area contributed by atoms with Crippen molar-refractivity contribution in [3.8, 4) is 33.6 Å². The van der Waals surface area contributed by atoms with Crippen LogP contribution in [-0.2, 0) is 80.4 Å². The van der Waals surface area contributed by atoms with Crippen molar-refractivity contribution in [2.75, 3.05) is 49.0 Å². The summed E-state index contributed by atoms with van der Waals surface area (Å²) in [5.74, 6) is 3.80. The van der Waals surface area contributed by atoms with Crippen molar-refractivity contribution in [2.45, 2.75) is 94.3 Å². The Balaban J connectivity index is 0.000000127. The number of rotatable bonds is 13. The van der Waals surface area contributed by atoms with Gasteiger partial charge < -0.3 is 53.4 Å². The smallest absolute Gasteiger partial charge is 0.498 e. The maximum Gasteiger partial charge on any atom is 3.00 e. The number of anilines is 17. The average molecular weight is 2540 g/mol. The van der Waals surface area contributed by atoms with Gasteiger partial charge in [0.1, 0.15) is 23.3 Å². The van der Waals surface area contributed by atoms with Gasteiger partial charge in [-0.15, -0.1) is 103 Å². The Hall–Kier alpha value is -13.7. The third-order valence-corrected chi connectivity index (χ3v) is 24.5. The second kappa shape index (κ2) is 45.9. The first-order valence-electron chi connectivity index (χ1n) is 46.1. The van der Waals surface area contributed by atoms with Gasteiger partial charge in [-0.05, 0) is 218 Å². The minimum atomic E-state index is 0. The van der Waals surface area contributed by atoms with Gasteiger partial charge in [-0.2, -0.15) is 140 Å². The molecule has 6 aromatic heterocycles. The summed E-state index contributed by atoms with van der Waals surface area (Å²) in [7, 11) is 0. The van der Waals surface area contributed by atoms with Crippen LogP contribution in [0.25, 0.3) is 61.0 Å². The summed E-state index contributed by atoms with van der Waals surface area (Å²) in [6.07, 6.45) is 7.49. The Morgan fingerprint density at radius 1 is 0.293 bits per heavy atom. The van der Waals surface area contributed by atoms with Crippen LogP contribution in [0, 0.1) is 104 Å². The molecule has 5 aliphatic heterocycles. The predicted octanol–water partition coefficient (Wildman–Crippen LogP) is 29.3. The van der Waals surface area contributed by atoms with E-state index in [1.807, 2.05) is 164 Å². The topological polar surface area (TPSA) is 101 Å². The maximum atomic E-state index is 5.01. The van der Waals surface area contributed by atoms with Crippen LogP contribution in [0.3, 0.4) is 0 Å². The summed E-state index contributed by atoms with van der Waals surface area (Å²) < 4.78 is 2.29. The molecule has 5 aliphatic rings. The van der Waals surface area contributed by atoms with Crippen LogP contribution in [0.1, 0.15) is 69.4 Å². The maximum absolute atomic E-state index is 5.01. The van der Waals surface area contributed by atoms with E-state index >= 15 is 0 Å². The average Bonchev–Trinajstić information content (AvgIpc) is 1.45. The quantitative estimate of drug-likeness (QED) is 0.0808. The molecule has 19 aromatic rings. The van der Waals surface area contributed by atoms with Gasteiger partial charge in [0.15, 0.2) is 0 Å². The monoisotopic (exact) mass is 2540 g/mol. The Morgan fingerprint density at radius 3 is 1.23 bits per heavy atom. The molecule has 24 rings (SSSR count). The molecule has 0 saturated carbocycles. The molecule has 13 aromatic carbocycles. The SMILES string of the molecule is CC(C)N1[CH-]N(c2[c-]cccc2)c2ncccc21.Cc1ccc2c(c1)c1ccc[c-]c1c1ncc(-c3c(C)cccc3C)n21.Cc1ccccc1-c1cc[c-]c(N2[CH-]N(C(C)C)c3cccnc32)c1.Cc1ccccc1-c1ccc2c(n1)N(c1[c-]cccc1)[CH-]N2C(C)C.[Ir+3].[Ir].[Ir].[Ir].[c-]1ccccc1N1[CH-]N(c2ccccc2)c2ccccc21.[c-]1ccccc1N1[CH-]N(c2ccccc2)c2cccnc21. The molecule has 0 atom stereocenters. The van der Waals surface area contributed by atoms with Gasteiger partial charge in [-0.25, -0.2) is 19.9 Å². The zero-order valence-corrected chi connectivity index (χ0v) is 89.0. The van der Waals surface area contributed by atoms with Gasteiger partial charge in [0.25, 0.3) is 0 Å². The first-order chi connectivity index (χ1) is 66.6. The number of fused-ring (bicyclic) bond motifs is 11. The summed E-state index contributed by atoms with van der Waals surface area (Å²) in [5.41, 5.74) is 29.6. The molecule has 11 heterocycles. The van der Waals surface area contributed by atoms with Crippen LogP contribution < -0.4 is 49.0 Å². The molecule has 0 bridgehead atoms. The summed E-state index contributed by atoms with van der Waals surface area (Å²) in [6, 6.07) is 141. The zero-order chi connectivity index (χ0) is 93.3. The van der Waals surface area contributed by atoms with Crippen LogP contribution in [0.5, 0.6) is 0 Å². The number of imidazole rings is 1. The van der Waals surface area contributed by atoms with Crippen LogP contribution >= 0.6 is 0 Å². The number of aromatic nitrogens is 6. The van der Waals surface area contributed by atoms with Gasteiger partial charge in [0.05, 0.1) is 22.7 Å². The van der Waals surface area contributed by atoms with Crippen LogP contribution in [0.15, 0.2) is 377 Å². The van der Waals surface area contributed by atoms with Gasteiger partial charge in [-0.3, -0.25) is 4.98 Å². The molecule has 0 fully saturated rings. The van der Waals surface area contributed by atoms with E-state index in [4.69, 9.17) is 9.97 Å². The van der Waals surface area contributed by atoms with Crippen LogP contribution in [0.4, 0.5) is 97.2 Å². The van der Waals surface area contributed by atoms with Gasteiger partial charge in [0.2, 0.25) is 0 Å². The Kier molecular flexibility index (Phi) is 33.0. The number of hydrogen-bond donors (Lipinski definition) is 0. The van der Waals surface area contributed by atoms with Gasteiger partial charge in [0, 0.05) is 142 Å². The number of nitrogens with zero attached hydrogens (tertiary/aromatic N) is 16. The number of pyridine rings is 5. The minimum Gasteiger partial charge on any atom is -0.498 e. The molecular weight excluding hydrogens is 2430 g/mol. The second-order valence-electron chi connectivity index (χ2n) is 34.5. The molecule has 0 aliphatic carbocycles. The van der Waals surface area contributed by atoms with E-state index < -0.39 is 0 Å². The van der Waals surface area contributed by atoms with Crippen molar-refractivity contribution in [2.24, 2.45) is 0 Å². The summed E-state index contributed by atoms with van der Waals surface area (Å²) in [4.78, 5) is 45.1. The van der Waals surface area contributed by atoms with Crippen molar-refractivity contribution < 1.29 is 80.4 Å². The zero-order valence-electron chi connectivity index (χ0n) is 79.4. The molecule has 707 valence electrons. The van der Waals surface area contributed by atoms with Crippen molar-refractivity contribution >= 4 is 125 Å². The summed E-state index contributed by atoms with van der Waals surface area (Å²) in [6.45, 7) is 34.3. The normalized spacial score (nSPS) is 12.8. The van der Waals surface area contributed by atoms with Crippen molar-refractivity contribution in [3.63, 3.8) is 0 Å². The molecule has 0 saturated heterocycles. The third-order valence-electron chi connectivity index (χ3n) is 24.5. The molecule has 3 radical (unpaired) electrons. The molecule has 16 nitrogen and oxygen atoms in total. The van der Waals surface area contributed by atoms with E-state index in [9.17, 15) is 0 Å². The minimum absolute atomic E-state index is 0. The van der Waals surface area contributed by atoms with Crippen molar-refractivity contribution in [1.29, 1.82) is 0 Å². The second-order valence-corrected chi connectivity index (χ2v) is 34.5. The fourth-order valence-electron chi connectivity index (χ4n) is 17.8. The Labute approximate surface area is 877 Å². The first kappa shape index (κ1) is 101. The van der Waals surface area contributed by atoms with Gasteiger partial charge in [-0.1, -0.05) is 138 Å². The van der Waals surface area contributed by atoms with Gasteiger partial charge >= 0.3 is 20.1 Å². The number of para-hydroxylation sites is 8. The Morgan fingerprint density at radius 2 is 0.707 bits per heavy atom. The summed E-state index contributed by atoms with van der Waals surface area (Å²) in [5, 5.41) is 3.52. The fourth-order valence-corrected chi connectivity index (χ4v) is 17.8. The fraction of sp³-hybridized carbons (Fsp3) is 0.117. The third kappa shape index (κ3) is 21.2. The first-order valence-corrected chi connectivity index (χ1v) is 46.1. The molecule has 0 spiro atoms. The molecule has 140 heavy (non-hydrogen) atoms. The molecule has 0 unspecified atom stereocenters. The Bertz CT molecular complexity index is 7090. The molecule has 20 heteroatoms. The predicted molar refractivity (Wildman–Crippen MR) is 561 cm³/mol. The number of benzene rings is 13. The number of aryl methyl sites for hydroxylation is 5. The number of hydrogen-bond acceptors (Lipinski definition) is 15. The molecular formula is C120H103Ir4N16-8. The van der Waals surface area contributed by atoms with E-state index in [0.29, 0.717) is 18.1 Å². The molecule has 0 N–H and O–H groups in total. The summed E-state index contributed by atoms with van der Waals surface area (Å²) >= 11 is 0. The standard InChI is InChI=1S/C24H19N2.2C22H21N3.C19H14N2.C18H13N3.C15H15N3.4Ir/c1-15-11-12-21-20(13-15)18-9-4-5-10-19(18)24-25-14-22(26(21)24)23-16(2)7-6-8-17(23)3;1-16(2)24-15-25(22-21(24)12-7-13-23-22)19-10-6-9-18(14-19)20-11-5-4-8-17(20)3;1-16(2)24-15-25(18-10-5-4-6-11-18)22-21(24)14-13-20(23-22)19-12-8-7-9-17(19)3;1-3-9-16(10-4-1)20-15-21(17-11-5-2-6-12-17)19-14-8-7-13-18(19)20;1-3-8-15(9-4-1)20-14-21(16-10-5-2-6-11-16)18-17(20)12-7-13-19-18;1-12(2)17-11-18(13-7-4-3-5-8-13)15-14(17)9-6-10-16-15;;;;/h4-9,11-14H,1-3H3;4-9,11-16H,1-3H3;4-10,12-16H,1-3H3;1-11,13-15H;1-10,12-14H;3-7,9-12H,1-2H3;;;;/q-1;5*-2;;;;+3. The van der Waals surface area contributed by atoms with Crippen molar-refractivity contribution in [1.82, 2.24) is 29.3 Å². The van der Waals surface area contributed by atoms with E-state index in [0.717, 1.165) is 108 Å². The van der Waals surface area contributed by atoms with E-state index in [1.54, 1.807) is 0 Å².